The number of aromatic hydroxyl groups is 1. The zero-order valence-corrected chi connectivity index (χ0v) is 46.5. The number of aliphatic hydroxyl groups excluding tert-OH is 1. The maximum absolute atomic E-state index is 13.3. The fraction of sp³-hybridized carbons (Fsp3) is 0.525. The standard InChI is InChI=1S/C24H38N4O5.C19H18N4O2.C12H15N3.2C2H6/c1-16(2)22(23(30)28-9-3-4-19(28)24(31)32)20-14-21(25-33-20)27-12-5-17(6-13-27)15-26-10-7-18(29)8-11-26;20-18-13(5-4-10-25-14-6-3-7-14)11-23-12-16(21-19(23)22-18)15-8-1-2-9-17(15)24;1-9(13)10-3-5-11(6-4-10)12-7-8-14-15(12)2;2*1-2/h14,16-19,22,29H,3-13,15H2,1-2H3,(H,31,32);1-2,8-9,11-12,14,24H,3,6-7,10H2,(H2,20,21,22);3-9H,13H2,1-2H3;2*1-2H3/t19-,22?;;9-;;/m0.0../s1. The van der Waals surface area contributed by atoms with Crippen molar-refractivity contribution in [2.24, 2.45) is 24.6 Å². The summed E-state index contributed by atoms with van der Waals surface area (Å²) in [4.78, 5) is 39.8. The molecule has 77 heavy (non-hydrogen) atoms. The van der Waals surface area contributed by atoms with Crippen molar-refractivity contribution in [3.8, 4) is 40.1 Å². The molecule has 0 radical (unpaired) electrons. The number of aromatic nitrogens is 6. The SMILES string of the molecule is CC.CC.CC(C)C(C(=O)N1CCC[C@H]1C(=O)O)c1cc(N2CCC(CN3CCC(O)CC3)CC2)no1.C[C@H](N)c1ccc(-c2ccnn2C)cc1.Nc1nc2nc(-c3ccccc3O)cn2cc1C#CCOC1CCC1. The number of likely N-dealkylation sites (tertiary alicyclic amines) is 2. The first-order valence-corrected chi connectivity index (χ1v) is 27.8. The largest absolute Gasteiger partial charge is 0.507 e. The number of hydrogen-bond donors (Lipinski definition) is 5. The second-order valence-corrected chi connectivity index (χ2v) is 20.1. The van der Waals surface area contributed by atoms with Gasteiger partial charge in [0.05, 0.1) is 29.2 Å². The highest BCUT2D eigenvalue weighted by molar-refractivity contribution is 5.88. The van der Waals surface area contributed by atoms with Crippen LogP contribution < -0.4 is 16.4 Å². The molecule has 4 aliphatic rings. The first kappa shape index (κ1) is 59.5. The molecule has 18 heteroatoms. The Hall–Kier alpha value is -6.78. The summed E-state index contributed by atoms with van der Waals surface area (Å²) in [5.74, 6) is 7.23. The number of carboxylic acids is 1. The number of aryl methyl sites for hydroxylation is 1. The van der Waals surface area contributed by atoms with Gasteiger partial charge in [-0.1, -0.05) is 94.9 Å². The van der Waals surface area contributed by atoms with Crippen molar-refractivity contribution >= 4 is 29.3 Å². The lowest BCUT2D eigenvalue weighted by Gasteiger charge is -2.36. The molecule has 1 amide bonds. The van der Waals surface area contributed by atoms with Crippen LogP contribution in [0.25, 0.3) is 28.3 Å². The van der Waals surface area contributed by atoms with Crippen molar-refractivity contribution in [1.29, 1.82) is 0 Å². The number of carboxylic acid groups (broad SMARTS) is 1. The summed E-state index contributed by atoms with van der Waals surface area (Å²) >= 11 is 0. The zero-order chi connectivity index (χ0) is 55.6. The van der Waals surface area contributed by atoms with Crippen molar-refractivity contribution < 1.29 is 34.2 Å². The van der Waals surface area contributed by atoms with Crippen LogP contribution in [0.4, 0.5) is 11.6 Å². The number of ether oxygens (including phenoxy) is 1. The summed E-state index contributed by atoms with van der Waals surface area (Å²) in [6.45, 7) is 19.6. The molecule has 6 aromatic rings. The zero-order valence-electron chi connectivity index (χ0n) is 46.5. The number of amides is 1. The molecular weight excluding hydrogens is 975 g/mol. The van der Waals surface area contributed by atoms with Gasteiger partial charge in [0, 0.05) is 82.6 Å². The van der Waals surface area contributed by atoms with Gasteiger partial charge in [-0.05, 0) is 106 Å². The normalized spacial score (nSPS) is 17.7. The highest BCUT2D eigenvalue weighted by Crippen LogP contribution is 2.34. The number of piperidine rings is 2. The number of hydrogen-bond acceptors (Lipinski definition) is 14. The molecule has 3 atom stereocenters. The fourth-order valence-corrected chi connectivity index (χ4v) is 9.88. The van der Waals surface area contributed by atoms with E-state index in [4.69, 9.17) is 20.7 Å². The first-order valence-electron chi connectivity index (χ1n) is 27.8. The Morgan fingerprint density at radius 2 is 1.57 bits per heavy atom. The molecule has 0 bridgehead atoms. The van der Waals surface area contributed by atoms with Crippen LogP contribution in [0.2, 0.25) is 0 Å². The lowest BCUT2D eigenvalue weighted by atomic mass is 9.91. The molecule has 2 aromatic carbocycles. The van der Waals surface area contributed by atoms with Crippen LogP contribution in [0.1, 0.15) is 135 Å². The van der Waals surface area contributed by atoms with Gasteiger partial charge in [-0.25, -0.2) is 9.78 Å². The van der Waals surface area contributed by atoms with E-state index in [9.17, 15) is 24.9 Å². The van der Waals surface area contributed by atoms with Crippen LogP contribution in [-0.2, 0) is 21.4 Å². The topological polar surface area (TPSA) is 240 Å². The lowest BCUT2D eigenvalue weighted by Crippen LogP contribution is -2.43. The summed E-state index contributed by atoms with van der Waals surface area (Å²) < 4.78 is 14.9. The van der Waals surface area contributed by atoms with Crippen LogP contribution in [0.5, 0.6) is 5.75 Å². The average Bonchev–Trinajstić information content (AvgIpc) is 4.27. The van der Waals surface area contributed by atoms with E-state index in [1.807, 2.05) is 78.4 Å². The summed E-state index contributed by atoms with van der Waals surface area (Å²) in [6, 6.07) is 18.5. The van der Waals surface area contributed by atoms with E-state index in [0.29, 0.717) is 72.2 Å². The number of anilines is 2. The number of phenols is 1. The Morgan fingerprint density at radius 1 is 0.870 bits per heavy atom. The third kappa shape index (κ3) is 15.9. The van der Waals surface area contributed by atoms with Crippen molar-refractivity contribution in [2.45, 2.75) is 136 Å². The number of carbonyl (C=O) groups excluding carboxylic acids is 1. The molecule has 18 nitrogen and oxygen atoms in total. The van der Waals surface area contributed by atoms with E-state index in [1.165, 1.54) is 16.9 Å². The number of imidazole rings is 1. The fourth-order valence-electron chi connectivity index (χ4n) is 9.88. The van der Waals surface area contributed by atoms with Gasteiger partial charge in [0.2, 0.25) is 11.7 Å². The van der Waals surface area contributed by atoms with Crippen molar-refractivity contribution in [3.05, 3.63) is 96.1 Å². The second kappa shape index (κ2) is 29.1. The number of para-hydroxylation sites is 1. The van der Waals surface area contributed by atoms with E-state index in [-0.39, 0.29) is 29.7 Å². The second-order valence-electron chi connectivity index (χ2n) is 20.1. The van der Waals surface area contributed by atoms with Gasteiger partial charge >= 0.3 is 5.97 Å². The Kier molecular flexibility index (Phi) is 22.5. The predicted octanol–water partition coefficient (Wildman–Crippen LogP) is 8.93. The lowest BCUT2D eigenvalue weighted by molar-refractivity contribution is -0.149. The minimum absolute atomic E-state index is 0.0258. The summed E-state index contributed by atoms with van der Waals surface area (Å²) in [6.07, 6.45) is 14.3. The van der Waals surface area contributed by atoms with Gasteiger partial charge in [-0.2, -0.15) is 10.1 Å². The molecule has 1 unspecified atom stereocenters. The van der Waals surface area contributed by atoms with Gasteiger partial charge in [0.1, 0.15) is 30.1 Å². The molecule has 7 heterocycles. The average molecular weight is 1060 g/mol. The van der Waals surface area contributed by atoms with Crippen LogP contribution in [0, 0.1) is 23.7 Å². The van der Waals surface area contributed by atoms with E-state index < -0.39 is 17.9 Å². The number of phenolic OH excluding ortho intramolecular Hbond substituents is 1. The van der Waals surface area contributed by atoms with Crippen molar-refractivity contribution in [2.75, 3.05) is 56.5 Å². The smallest absolute Gasteiger partial charge is 0.326 e. The van der Waals surface area contributed by atoms with Crippen LogP contribution in [-0.4, -0.2) is 130 Å². The summed E-state index contributed by atoms with van der Waals surface area (Å²) in [5, 5.41) is 37.6. The van der Waals surface area contributed by atoms with Gasteiger partial charge in [0.15, 0.2) is 11.6 Å². The van der Waals surface area contributed by atoms with Gasteiger partial charge in [0.25, 0.3) is 0 Å². The third-order valence-electron chi connectivity index (χ3n) is 14.5. The minimum Gasteiger partial charge on any atom is -0.507 e. The highest BCUT2D eigenvalue weighted by Gasteiger charge is 2.40. The van der Waals surface area contributed by atoms with Crippen LogP contribution in [0.3, 0.4) is 0 Å². The number of aliphatic carboxylic acids is 1. The number of fused-ring (bicyclic) bond motifs is 1. The molecule has 416 valence electrons. The Labute approximate surface area is 454 Å². The summed E-state index contributed by atoms with van der Waals surface area (Å²) in [5.41, 5.74) is 17.1. The number of nitrogens with two attached hydrogens (primary N) is 2. The van der Waals surface area contributed by atoms with Crippen molar-refractivity contribution in [3.63, 3.8) is 0 Å². The number of carbonyl (C=O) groups is 2. The molecule has 3 aliphatic heterocycles. The third-order valence-corrected chi connectivity index (χ3v) is 14.5. The highest BCUT2D eigenvalue weighted by atomic mass is 16.5. The molecule has 4 aromatic heterocycles. The molecule has 1 aliphatic carbocycles. The monoisotopic (exact) mass is 1060 g/mol. The molecule has 4 fully saturated rings. The Balaban J connectivity index is 0.000000192. The van der Waals surface area contributed by atoms with Gasteiger partial charge < -0.3 is 50.7 Å². The molecule has 7 N–H and O–H groups in total. The molecule has 0 spiro atoms. The van der Waals surface area contributed by atoms with E-state index in [1.54, 1.807) is 41.2 Å². The molecule has 1 saturated carbocycles. The molecule has 3 saturated heterocycles. The molecular formula is C59H83N11O7. The maximum Gasteiger partial charge on any atom is 0.326 e. The van der Waals surface area contributed by atoms with Gasteiger partial charge in [-0.15, -0.1) is 0 Å². The number of aliphatic hydroxyl groups is 1. The predicted molar refractivity (Wildman–Crippen MR) is 302 cm³/mol. The number of nitrogens with zero attached hydrogens (tertiary/aromatic N) is 9. The van der Waals surface area contributed by atoms with E-state index in [0.717, 1.165) is 88.3 Å². The Bertz CT molecular complexity index is 2830. The van der Waals surface area contributed by atoms with Gasteiger partial charge in [-0.3, -0.25) is 13.9 Å². The van der Waals surface area contributed by atoms with Crippen molar-refractivity contribution in [1.82, 2.24) is 39.1 Å². The minimum atomic E-state index is -0.940. The molecule has 10 rings (SSSR count). The number of benzene rings is 2. The maximum atomic E-state index is 13.3. The summed E-state index contributed by atoms with van der Waals surface area (Å²) in [7, 11) is 1.94. The first-order chi connectivity index (χ1) is 37.2. The number of nitrogen functional groups attached to an aromatic ring is 1. The Morgan fingerprint density at radius 3 is 2.18 bits per heavy atom. The van der Waals surface area contributed by atoms with E-state index in [2.05, 4.69) is 66.1 Å². The van der Waals surface area contributed by atoms with Crippen LogP contribution in [0.15, 0.2) is 83.8 Å². The van der Waals surface area contributed by atoms with Crippen LogP contribution >= 0.6 is 0 Å². The number of rotatable bonds is 12. The quantitative estimate of drug-likeness (QED) is 0.0719. The van der Waals surface area contributed by atoms with E-state index >= 15 is 0 Å².